The lowest BCUT2D eigenvalue weighted by molar-refractivity contribution is 0.0688. The van der Waals surface area contributed by atoms with Crippen LogP contribution in [0.15, 0.2) is 23.0 Å². The highest BCUT2D eigenvalue weighted by atomic mass is 16.4. The van der Waals surface area contributed by atoms with Crippen LogP contribution in [-0.2, 0) is 0 Å². The normalized spacial score (nSPS) is 10.5. The molecule has 1 aromatic carbocycles. The number of hydrogen-bond donors (Lipinski definition) is 2. The number of aromatic amines is 1. The van der Waals surface area contributed by atoms with E-state index >= 15 is 0 Å². The van der Waals surface area contributed by atoms with E-state index in [4.69, 9.17) is 5.11 Å². The van der Waals surface area contributed by atoms with E-state index in [0.717, 1.165) is 5.69 Å². The number of carboxylic acids is 1. The molecule has 2 aromatic rings. The molecule has 0 amide bonds. The minimum Gasteiger partial charge on any atom is -0.476 e. The Bertz CT molecular complexity index is 646. The lowest BCUT2D eigenvalue weighted by atomic mass is 10.1. The molecule has 0 aliphatic carbocycles. The number of anilines is 1. The molecular weight excluding hydrogens is 222 g/mol. The van der Waals surface area contributed by atoms with Gasteiger partial charge in [0.15, 0.2) is 0 Å². The molecule has 1 heterocycles. The van der Waals surface area contributed by atoms with Crippen molar-refractivity contribution in [1.82, 2.24) is 10.2 Å². The van der Waals surface area contributed by atoms with Gasteiger partial charge in [-0.1, -0.05) is 0 Å². The van der Waals surface area contributed by atoms with Crippen LogP contribution in [0.1, 0.15) is 10.5 Å². The molecule has 1 aromatic heterocycles. The molecule has 0 unspecified atom stereocenters. The lowest BCUT2D eigenvalue weighted by Crippen LogP contribution is -2.19. The van der Waals surface area contributed by atoms with Crippen molar-refractivity contribution in [3.05, 3.63) is 34.1 Å². The van der Waals surface area contributed by atoms with Crippen molar-refractivity contribution in [3.8, 4) is 0 Å². The molecule has 6 heteroatoms. The number of H-pyrrole nitrogens is 1. The summed E-state index contributed by atoms with van der Waals surface area (Å²) < 4.78 is 0. The molecule has 0 atom stereocenters. The second-order valence-electron chi connectivity index (χ2n) is 3.83. The second kappa shape index (κ2) is 3.89. The SMILES string of the molecule is CN(C)c1ccc2[nH]nc(C(=O)O)c(=O)c2c1. The van der Waals surface area contributed by atoms with Crippen LogP contribution < -0.4 is 10.3 Å². The van der Waals surface area contributed by atoms with Gasteiger partial charge in [0.05, 0.1) is 10.9 Å². The fourth-order valence-corrected chi connectivity index (χ4v) is 1.54. The largest absolute Gasteiger partial charge is 0.476 e. The van der Waals surface area contributed by atoms with Crippen LogP contribution in [0.25, 0.3) is 10.9 Å². The fourth-order valence-electron chi connectivity index (χ4n) is 1.54. The standard InChI is InChI=1S/C11H11N3O3/c1-14(2)6-3-4-8-7(5-6)10(15)9(11(16)17)13-12-8/h3-5H,1-2H3,(H,12,15)(H,16,17). The number of aromatic nitrogens is 2. The highest BCUT2D eigenvalue weighted by Gasteiger charge is 2.13. The van der Waals surface area contributed by atoms with Gasteiger partial charge in [0.25, 0.3) is 0 Å². The average Bonchev–Trinajstić information content (AvgIpc) is 2.28. The van der Waals surface area contributed by atoms with E-state index in [1.807, 2.05) is 25.1 Å². The van der Waals surface area contributed by atoms with Crippen LogP contribution >= 0.6 is 0 Å². The highest BCUT2D eigenvalue weighted by molar-refractivity contribution is 5.91. The predicted octanol–water partition coefficient (Wildman–Crippen LogP) is 0.687. The first-order chi connectivity index (χ1) is 8.00. The van der Waals surface area contributed by atoms with Crippen molar-refractivity contribution in [2.45, 2.75) is 0 Å². The molecule has 0 saturated carbocycles. The minimum absolute atomic E-state index is 0.323. The third kappa shape index (κ3) is 1.84. The van der Waals surface area contributed by atoms with Gasteiger partial charge in [-0.2, -0.15) is 5.10 Å². The Morgan fingerprint density at radius 2 is 2.12 bits per heavy atom. The molecule has 0 saturated heterocycles. The Morgan fingerprint density at radius 3 is 2.71 bits per heavy atom. The summed E-state index contributed by atoms with van der Waals surface area (Å²) in [6.07, 6.45) is 0. The van der Waals surface area contributed by atoms with Crippen molar-refractivity contribution in [2.75, 3.05) is 19.0 Å². The van der Waals surface area contributed by atoms with Crippen molar-refractivity contribution in [2.24, 2.45) is 0 Å². The summed E-state index contributed by atoms with van der Waals surface area (Å²) in [5, 5.41) is 15.2. The second-order valence-corrected chi connectivity index (χ2v) is 3.83. The number of carbonyl (C=O) groups is 1. The maximum atomic E-state index is 11.9. The molecule has 0 fully saturated rings. The van der Waals surface area contributed by atoms with Gasteiger partial charge in [0.1, 0.15) is 0 Å². The summed E-state index contributed by atoms with van der Waals surface area (Å²) in [4.78, 5) is 24.5. The first-order valence-electron chi connectivity index (χ1n) is 4.94. The number of fused-ring (bicyclic) bond motifs is 1. The summed E-state index contributed by atoms with van der Waals surface area (Å²) in [5.41, 5.74) is 0.277. The van der Waals surface area contributed by atoms with Crippen LogP contribution in [0.3, 0.4) is 0 Å². The first kappa shape index (κ1) is 11.1. The number of aromatic carboxylic acids is 1. The Labute approximate surface area is 96.5 Å². The maximum Gasteiger partial charge on any atom is 0.360 e. The predicted molar refractivity (Wildman–Crippen MR) is 63.7 cm³/mol. The van der Waals surface area contributed by atoms with Gasteiger partial charge in [-0.15, -0.1) is 0 Å². The number of nitrogens with zero attached hydrogens (tertiary/aromatic N) is 2. The van der Waals surface area contributed by atoms with Crippen LogP contribution in [-0.4, -0.2) is 35.4 Å². The Morgan fingerprint density at radius 1 is 1.41 bits per heavy atom. The molecule has 88 valence electrons. The summed E-state index contributed by atoms with van der Waals surface area (Å²) in [7, 11) is 3.68. The van der Waals surface area contributed by atoms with Gasteiger partial charge < -0.3 is 10.0 Å². The molecule has 0 aliphatic rings. The van der Waals surface area contributed by atoms with Gasteiger partial charge in [-0.25, -0.2) is 4.79 Å². The Hall–Kier alpha value is -2.37. The molecule has 2 N–H and O–H groups in total. The molecule has 17 heavy (non-hydrogen) atoms. The van der Waals surface area contributed by atoms with E-state index in [2.05, 4.69) is 10.2 Å². The summed E-state index contributed by atoms with van der Waals surface area (Å²) >= 11 is 0. The van der Waals surface area contributed by atoms with Crippen molar-refractivity contribution in [3.63, 3.8) is 0 Å². The molecule has 2 rings (SSSR count). The van der Waals surface area contributed by atoms with Crippen LogP contribution in [0.5, 0.6) is 0 Å². The number of carboxylic acid groups (broad SMARTS) is 1. The van der Waals surface area contributed by atoms with Crippen molar-refractivity contribution in [1.29, 1.82) is 0 Å². The van der Waals surface area contributed by atoms with E-state index in [1.165, 1.54) is 0 Å². The zero-order valence-corrected chi connectivity index (χ0v) is 9.39. The lowest BCUT2D eigenvalue weighted by Gasteiger charge is -2.12. The molecule has 6 nitrogen and oxygen atoms in total. The van der Waals surface area contributed by atoms with Crippen LogP contribution in [0.4, 0.5) is 5.69 Å². The van der Waals surface area contributed by atoms with Crippen molar-refractivity contribution >= 4 is 22.6 Å². The highest BCUT2D eigenvalue weighted by Crippen LogP contribution is 2.16. The molecule has 0 aliphatic heterocycles. The van der Waals surface area contributed by atoms with Crippen LogP contribution in [0.2, 0.25) is 0 Å². The van der Waals surface area contributed by atoms with Gasteiger partial charge in [0, 0.05) is 19.8 Å². The topological polar surface area (TPSA) is 86.3 Å². The Kier molecular flexibility index (Phi) is 2.55. The number of nitrogens with one attached hydrogen (secondary N) is 1. The van der Waals surface area contributed by atoms with Crippen LogP contribution in [0, 0.1) is 0 Å². The molecular formula is C11H11N3O3. The van der Waals surface area contributed by atoms with Gasteiger partial charge in [-0.3, -0.25) is 9.89 Å². The molecule has 0 bridgehead atoms. The third-order valence-corrected chi connectivity index (χ3v) is 2.47. The summed E-state index contributed by atoms with van der Waals surface area (Å²) in [5.74, 6) is -1.33. The number of hydrogen-bond acceptors (Lipinski definition) is 4. The average molecular weight is 233 g/mol. The number of benzene rings is 1. The van der Waals surface area contributed by atoms with E-state index < -0.39 is 17.1 Å². The summed E-state index contributed by atoms with van der Waals surface area (Å²) in [6, 6.07) is 5.16. The third-order valence-electron chi connectivity index (χ3n) is 2.47. The molecule has 0 spiro atoms. The first-order valence-corrected chi connectivity index (χ1v) is 4.94. The van der Waals surface area contributed by atoms with Gasteiger partial charge in [-0.05, 0) is 18.2 Å². The monoisotopic (exact) mass is 233 g/mol. The van der Waals surface area contributed by atoms with E-state index in [9.17, 15) is 9.59 Å². The van der Waals surface area contributed by atoms with Crippen molar-refractivity contribution < 1.29 is 9.90 Å². The van der Waals surface area contributed by atoms with E-state index in [0.29, 0.717) is 10.9 Å². The maximum absolute atomic E-state index is 11.9. The Balaban J connectivity index is 2.78. The fraction of sp³-hybridized carbons (Fsp3) is 0.182. The van der Waals surface area contributed by atoms with E-state index in [1.54, 1.807) is 12.1 Å². The minimum atomic E-state index is -1.33. The molecule has 0 radical (unpaired) electrons. The van der Waals surface area contributed by atoms with Gasteiger partial charge >= 0.3 is 5.97 Å². The van der Waals surface area contributed by atoms with Gasteiger partial charge in [0.2, 0.25) is 11.1 Å². The number of rotatable bonds is 2. The zero-order chi connectivity index (χ0) is 12.6. The zero-order valence-electron chi connectivity index (χ0n) is 9.39. The van der Waals surface area contributed by atoms with E-state index in [-0.39, 0.29) is 0 Å². The quantitative estimate of drug-likeness (QED) is 0.796. The smallest absolute Gasteiger partial charge is 0.360 e. The summed E-state index contributed by atoms with van der Waals surface area (Å²) in [6.45, 7) is 0.